The number of hydrogen-bond donors (Lipinski definition) is 1. The fraction of sp³-hybridized carbons (Fsp3) is 0.786. The molecule has 0 aliphatic carbocycles. The smallest absolute Gasteiger partial charge is 0.362 e. The Bertz CT molecular complexity index is 922. The molecule has 1 N–H and O–H groups in total. The normalized spacial score (nSPS) is 13.4. The van der Waals surface area contributed by atoms with Crippen molar-refractivity contribution in [2.45, 2.75) is 174 Å². The van der Waals surface area contributed by atoms with Crippen LogP contribution in [0.1, 0.15) is 162 Å². The second-order valence-electron chi connectivity index (χ2n) is 14.5. The van der Waals surface area contributed by atoms with Crippen molar-refractivity contribution in [3.63, 3.8) is 0 Å². The van der Waals surface area contributed by atoms with Crippen molar-refractivity contribution in [3.8, 4) is 0 Å². The maximum Gasteiger partial charge on any atom is 0.362 e. The molecule has 8 heteroatoms. The van der Waals surface area contributed by atoms with Crippen molar-refractivity contribution in [3.05, 3.63) is 36.5 Å². The second kappa shape index (κ2) is 33.7. The maximum atomic E-state index is 12.7. The summed E-state index contributed by atoms with van der Waals surface area (Å²) in [7, 11) is 5.50. The first-order chi connectivity index (χ1) is 24.1. The van der Waals surface area contributed by atoms with Crippen LogP contribution >= 0.6 is 0 Å². The molecule has 2 unspecified atom stereocenters. The van der Waals surface area contributed by atoms with Gasteiger partial charge >= 0.3 is 17.9 Å². The van der Waals surface area contributed by atoms with E-state index in [4.69, 9.17) is 14.2 Å². The van der Waals surface area contributed by atoms with Crippen LogP contribution in [-0.2, 0) is 28.6 Å². The molecule has 0 amide bonds. The lowest BCUT2D eigenvalue weighted by atomic mass is 10.1. The lowest BCUT2D eigenvalue weighted by Crippen LogP contribution is -2.50. The number of nitrogens with zero attached hydrogens (tertiary/aromatic N) is 1. The van der Waals surface area contributed by atoms with Gasteiger partial charge in [0.25, 0.3) is 0 Å². The zero-order valence-corrected chi connectivity index (χ0v) is 32.8. The second-order valence-corrected chi connectivity index (χ2v) is 14.5. The first kappa shape index (κ1) is 47.5. The Kier molecular flexibility index (Phi) is 32.0. The van der Waals surface area contributed by atoms with Crippen molar-refractivity contribution in [2.75, 3.05) is 41.0 Å². The van der Waals surface area contributed by atoms with Gasteiger partial charge in [-0.2, -0.15) is 0 Å². The fourth-order valence-electron chi connectivity index (χ4n) is 5.65. The number of carbonyl (C=O) groups is 3. The Balaban J connectivity index is 4.37. The molecule has 0 aliphatic rings. The molecule has 8 nitrogen and oxygen atoms in total. The zero-order valence-electron chi connectivity index (χ0n) is 32.8. The molecule has 0 fully saturated rings. The lowest BCUT2D eigenvalue weighted by Gasteiger charge is -2.31. The van der Waals surface area contributed by atoms with Crippen LogP contribution in [0.5, 0.6) is 0 Å². The molecule has 0 saturated carbocycles. The number of carboxylic acids is 1. The number of allylic oxidation sites excluding steroid dienone is 6. The van der Waals surface area contributed by atoms with Gasteiger partial charge in [-0.1, -0.05) is 115 Å². The summed E-state index contributed by atoms with van der Waals surface area (Å²) in [5, 5.41) is 9.58. The van der Waals surface area contributed by atoms with Gasteiger partial charge in [0.05, 0.1) is 34.4 Å². The summed E-state index contributed by atoms with van der Waals surface area (Å²) in [6.07, 6.45) is 36.3. The van der Waals surface area contributed by atoms with E-state index < -0.39 is 18.1 Å². The predicted molar refractivity (Wildman–Crippen MR) is 206 cm³/mol. The average molecular weight is 707 g/mol. The standard InChI is InChI=1S/C42H75NO7/c1-6-8-10-12-14-16-17-18-19-20-21-22-23-25-27-29-31-33-41(45)50-38(36-48-35-34-39(42(46)47)43(3,4)5)37-49-40(44)32-30-28-26-24-15-13-11-9-7-2/h9,11,15,18-19,24,38-39H,6-8,10,12-14,16-17,20-23,25-37H2,1-5H3/p+1/b11-9+,19-18+,24-15+. The van der Waals surface area contributed by atoms with Crippen molar-refractivity contribution >= 4 is 17.9 Å². The van der Waals surface area contributed by atoms with E-state index in [-0.39, 0.29) is 36.2 Å². The number of aliphatic carboxylic acids is 1. The van der Waals surface area contributed by atoms with Gasteiger partial charge in [-0.05, 0) is 64.2 Å². The average Bonchev–Trinajstić information content (AvgIpc) is 3.06. The highest BCUT2D eigenvalue weighted by Gasteiger charge is 2.31. The zero-order chi connectivity index (χ0) is 37.1. The van der Waals surface area contributed by atoms with Gasteiger partial charge in [0.15, 0.2) is 12.1 Å². The monoisotopic (exact) mass is 707 g/mol. The van der Waals surface area contributed by atoms with Crippen LogP contribution in [0.3, 0.4) is 0 Å². The minimum Gasteiger partial charge on any atom is -0.477 e. The Morgan fingerprint density at radius 3 is 1.70 bits per heavy atom. The van der Waals surface area contributed by atoms with E-state index in [0.29, 0.717) is 19.3 Å². The summed E-state index contributed by atoms with van der Waals surface area (Å²) < 4.78 is 17.1. The SMILES string of the molecule is CC/C=C/C/C=C/CCCCC(=O)OCC(COCCC(C(=O)O)[N+](C)(C)C)OC(=O)CCCCCCCCC/C=C/CCCCCCCC. The number of carboxylic acid groups (broad SMARTS) is 1. The van der Waals surface area contributed by atoms with Crippen LogP contribution in [0.25, 0.3) is 0 Å². The van der Waals surface area contributed by atoms with Gasteiger partial charge < -0.3 is 23.8 Å². The minimum absolute atomic E-state index is 0.0496. The van der Waals surface area contributed by atoms with E-state index in [1.807, 2.05) is 21.1 Å². The number of rotatable bonds is 35. The van der Waals surface area contributed by atoms with E-state index in [0.717, 1.165) is 51.4 Å². The molecular weight excluding hydrogens is 630 g/mol. The van der Waals surface area contributed by atoms with Crippen molar-refractivity contribution < 1.29 is 38.2 Å². The number of unbranched alkanes of at least 4 members (excludes halogenated alkanes) is 15. The summed E-state index contributed by atoms with van der Waals surface area (Å²) in [6.45, 7) is 4.55. The Morgan fingerprint density at radius 1 is 0.620 bits per heavy atom. The molecule has 290 valence electrons. The van der Waals surface area contributed by atoms with Gasteiger partial charge in [0, 0.05) is 19.3 Å². The summed E-state index contributed by atoms with van der Waals surface area (Å²) in [5.41, 5.74) is 0. The van der Waals surface area contributed by atoms with Crippen LogP contribution < -0.4 is 0 Å². The molecule has 0 aromatic heterocycles. The molecule has 50 heavy (non-hydrogen) atoms. The van der Waals surface area contributed by atoms with E-state index in [1.54, 1.807) is 0 Å². The van der Waals surface area contributed by atoms with E-state index >= 15 is 0 Å². The Morgan fingerprint density at radius 2 is 1.12 bits per heavy atom. The number of hydrogen-bond acceptors (Lipinski definition) is 6. The predicted octanol–water partition coefficient (Wildman–Crippen LogP) is 10.3. The molecule has 0 rings (SSSR count). The first-order valence-electron chi connectivity index (χ1n) is 20.0. The molecule has 0 aliphatic heterocycles. The van der Waals surface area contributed by atoms with E-state index in [2.05, 4.69) is 50.3 Å². The molecule has 0 heterocycles. The molecule has 0 bridgehead atoms. The summed E-state index contributed by atoms with van der Waals surface area (Å²) >= 11 is 0. The van der Waals surface area contributed by atoms with Gasteiger partial charge in [-0.15, -0.1) is 0 Å². The Labute approximate surface area is 306 Å². The topological polar surface area (TPSA) is 99.1 Å². The van der Waals surface area contributed by atoms with Crippen LogP contribution in [0.4, 0.5) is 0 Å². The van der Waals surface area contributed by atoms with E-state index in [9.17, 15) is 19.5 Å². The van der Waals surface area contributed by atoms with Crippen LogP contribution in [0.2, 0.25) is 0 Å². The third-order valence-electron chi connectivity index (χ3n) is 8.77. The van der Waals surface area contributed by atoms with Gasteiger partial charge in [-0.25, -0.2) is 4.79 Å². The Hall–Kier alpha value is -2.45. The van der Waals surface area contributed by atoms with E-state index in [1.165, 1.54) is 77.0 Å². The van der Waals surface area contributed by atoms with Crippen LogP contribution in [0, 0.1) is 0 Å². The highest BCUT2D eigenvalue weighted by molar-refractivity contribution is 5.72. The minimum atomic E-state index is -0.881. The highest BCUT2D eigenvalue weighted by atomic mass is 16.6. The number of likely N-dealkylation sites (N-methyl/N-ethyl adjacent to an activating group) is 1. The maximum absolute atomic E-state index is 12.7. The third-order valence-corrected chi connectivity index (χ3v) is 8.77. The quantitative estimate of drug-likeness (QED) is 0.0303. The largest absolute Gasteiger partial charge is 0.477 e. The third kappa shape index (κ3) is 31.5. The van der Waals surface area contributed by atoms with Gasteiger partial charge in [0.2, 0.25) is 0 Å². The molecule has 0 saturated heterocycles. The summed E-state index contributed by atoms with van der Waals surface area (Å²) in [5.74, 6) is -1.52. The summed E-state index contributed by atoms with van der Waals surface area (Å²) in [6, 6.07) is -0.618. The number of esters is 2. The van der Waals surface area contributed by atoms with Crippen LogP contribution in [0.15, 0.2) is 36.5 Å². The molecule has 0 radical (unpaired) electrons. The molecule has 0 aromatic rings. The summed E-state index contributed by atoms with van der Waals surface area (Å²) in [4.78, 5) is 36.7. The van der Waals surface area contributed by atoms with Gasteiger partial charge in [-0.3, -0.25) is 9.59 Å². The fourth-order valence-corrected chi connectivity index (χ4v) is 5.65. The first-order valence-corrected chi connectivity index (χ1v) is 20.0. The van der Waals surface area contributed by atoms with Crippen LogP contribution in [-0.4, -0.2) is 80.6 Å². The highest BCUT2D eigenvalue weighted by Crippen LogP contribution is 2.13. The van der Waals surface area contributed by atoms with Crippen molar-refractivity contribution in [2.24, 2.45) is 0 Å². The molecule has 2 atom stereocenters. The molecular formula is C42H76NO7+. The van der Waals surface area contributed by atoms with Gasteiger partial charge in [0.1, 0.15) is 6.61 Å². The van der Waals surface area contributed by atoms with Crippen molar-refractivity contribution in [1.29, 1.82) is 0 Å². The van der Waals surface area contributed by atoms with Crippen molar-refractivity contribution in [1.82, 2.24) is 0 Å². The lowest BCUT2D eigenvalue weighted by molar-refractivity contribution is -0.887. The molecule has 0 aromatic carbocycles. The number of quaternary nitrogens is 1. The number of carbonyl (C=O) groups excluding carboxylic acids is 2. The molecule has 0 spiro atoms. The number of ether oxygens (including phenoxy) is 3.